The van der Waals surface area contributed by atoms with E-state index in [4.69, 9.17) is 10.6 Å². The summed E-state index contributed by atoms with van der Waals surface area (Å²) in [5.74, 6) is 7.49. The number of piperidine rings is 1. The largest absolute Gasteiger partial charge is 0.396 e. The Hall–Kier alpha value is -1.44. The van der Waals surface area contributed by atoms with Gasteiger partial charge in [-0.2, -0.15) is 0 Å². The Labute approximate surface area is 119 Å². The SMILES string of the molecule is COCc1nc(NN)cc(N2CCCCC2CCO)n1. The molecule has 1 aromatic rings. The summed E-state index contributed by atoms with van der Waals surface area (Å²) in [6.07, 6.45) is 4.17. The predicted molar refractivity (Wildman–Crippen MR) is 77.2 cm³/mol. The van der Waals surface area contributed by atoms with Gasteiger partial charge in [-0.1, -0.05) is 0 Å². The summed E-state index contributed by atoms with van der Waals surface area (Å²) >= 11 is 0. The van der Waals surface area contributed by atoms with Crippen LogP contribution in [0.5, 0.6) is 0 Å². The van der Waals surface area contributed by atoms with Crippen LogP contribution in [0.4, 0.5) is 11.6 Å². The van der Waals surface area contributed by atoms with Crippen LogP contribution in [0.1, 0.15) is 31.5 Å². The zero-order valence-corrected chi connectivity index (χ0v) is 11.9. The molecule has 7 heteroatoms. The van der Waals surface area contributed by atoms with E-state index in [1.807, 2.05) is 6.07 Å². The number of hydrazine groups is 1. The molecule has 1 aliphatic rings. The van der Waals surface area contributed by atoms with E-state index < -0.39 is 0 Å². The minimum atomic E-state index is 0.194. The Morgan fingerprint density at radius 3 is 3.05 bits per heavy atom. The van der Waals surface area contributed by atoms with Crippen molar-refractivity contribution in [3.05, 3.63) is 11.9 Å². The van der Waals surface area contributed by atoms with Crippen molar-refractivity contribution in [2.45, 2.75) is 38.3 Å². The lowest BCUT2D eigenvalue weighted by molar-refractivity contribution is 0.178. The number of aliphatic hydroxyl groups excluding tert-OH is 1. The molecular weight excluding hydrogens is 258 g/mol. The number of ether oxygens (including phenoxy) is 1. The van der Waals surface area contributed by atoms with Gasteiger partial charge in [-0.25, -0.2) is 15.8 Å². The number of nitrogens with two attached hydrogens (primary N) is 1. The van der Waals surface area contributed by atoms with Crippen LogP contribution in [0.25, 0.3) is 0 Å². The molecule has 0 aromatic carbocycles. The standard InChI is InChI=1S/C13H23N5O2/c1-20-9-12-15-11(17-14)8-13(16-12)18-6-3-2-4-10(18)5-7-19/h8,10,19H,2-7,9,14H2,1H3,(H,15,16,17). The molecule has 1 fully saturated rings. The number of anilines is 2. The first-order valence-electron chi connectivity index (χ1n) is 6.99. The van der Waals surface area contributed by atoms with E-state index >= 15 is 0 Å². The van der Waals surface area contributed by atoms with Crippen molar-refractivity contribution in [1.82, 2.24) is 9.97 Å². The third kappa shape index (κ3) is 3.56. The highest BCUT2D eigenvalue weighted by atomic mass is 16.5. The molecule has 0 spiro atoms. The molecule has 1 saturated heterocycles. The maximum atomic E-state index is 9.21. The van der Waals surface area contributed by atoms with Crippen LogP contribution in [0.2, 0.25) is 0 Å². The van der Waals surface area contributed by atoms with Gasteiger partial charge in [-0.05, 0) is 25.7 Å². The molecule has 112 valence electrons. The van der Waals surface area contributed by atoms with Crippen LogP contribution in [0, 0.1) is 0 Å². The van der Waals surface area contributed by atoms with Crippen LogP contribution in [0.3, 0.4) is 0 Å². The Bertz CT molecular complexity index is 427. The zero-order chi connectivity index (χ0) is 14.4. The first kappa shape index (κ1) is 15.0. The van der Waals surface area contributed by atoms with Crippen LogP contribution in [0.15, 0.2) is 6.07 Å². The van der Waals surface area contributed by atoms with Crippen molar-refractivity contribution in [3.63, 3.8) is 0 Å². The average Bonchev–Trinajstić information content (AvgIpc) is 2.48. The molecule has 1 aliphatic heterocycles. The fourth-order valence-electron chi connectivity index (χ4n) is 2.65. The van der Waals surface area contributed by atoms with Crippen molar-refractivity contribution < 1.29 is 9.84 Å². The van der Waals surface area contributed by atoms with Gasteiger partial charge in [0.2, 0.25) is 0 Å². The van der Waals surface area contributed by atoms with Crippen molar-refractivity contribution in [1.29, 1.82) is 0 Å². The van der Waals surface area contributed by atoms with Gasteiger partial charge in [0.15, 0.2) is 5.82 Å². The number of nitrogens with one attached hydrogen (secondary N) is 1. The van der Waals surface area contributed by atoms with Gasteiger partial charge in [0.25, 0.3) is 0 Å². The number of aliphatic hydroxyl groups is 1. The fraction of sp³-hybridized carbons (Fsp3) is 0.692. The van der Waals surface area contributed by atoms with E-state index in [9.17, 15) is 5.11 Å². The fourth-order valence-corrected chi connectivity index (χ4v) is 2.65. The minimum Gasteiger partial charge on any atom is -0.396 e. The van der Waals surface area contributed by atoms with Crippen molar-refractivity contribution in [2.24, 2.45) is 5.84 Å². The second-order valence-corrected chi connectivity index (χ2v) is 4.96. The predicted octanol–water partition coefficient (Wildman–Crippen LogP) is 0.650. The molecule has 0 bridgehead atoms. The Morgan fingerprint density at radius 2 is 2.35 bits per heavy atom. The van der Waals surface area contributed by atoms with E-state index in [1.54, 1.807) is 7.11 Å². The molecule has 0 radical (unpaired) electrons. The molecule has 4 N–H and O–H groups in total. The number of hydrogen-bond acceptors (Lipinski definition) is 7. The summed E-state index contributed by atoms with van der Waals surface area (Å²) in [7, 11) is 1.61. The third-order valence-electron chi connectivity index (χ3n) is 3.56. The zero-order valence-electron chi connectivity index (χ0n) is 11.9. The Balaban J connectivity index is 2.26. The molecule has 0 saturated carbocycles. The summed E-state index contributed by atoms with van der Waals surface area (Å²) in [5, 5.41) is 9.21. The van der Waals surface area contributed by atoms with Crippen molar-refractivity contribution >= 4 is 11.6 Å². The van der Waals surface area contributed by atoms with Gasteiger partial charge in [-0.15, -0.1) is 0 Å². The summed E-state index contributed by atoms with van der Waals surface area (Å²) in [4.78, 5) is 11.0. The monoisotopic (exact) mass is 281 g/mol. The number of hydrogen-bond donors (Lipinski definition) is 3. The lowest BCUT2D eigenvalue weighted by Gasteiger charge is -2.36. The highest BCUT2D eigenvalue weighted by Crippen LogP contribution is 2.26. The number of nitrogen functional groups attached to an aromatic ring is 1. The second-order valence-electron chi connectivity index (χ2n) is 4.96. The summed E-state index contributed by atoms with van der Waals surface area (Å²) in [6.45, 7) is 1.48. The van der Waals surface area contributed by atoms with Gasteiger partial charge in [0.1, 0.15) is 18.2 Å². The van der Waals surface area contributed by atoms with Gasteiger partial charge in [-0.3, -0.25) is 0 Å². The first-order chi connectivity index (χ1) is 9.78. The number of nitrogens with zero attached hydrogens (tertiary/aromatic N) is 3. The van der Waals surface area contributed by atoms with Gasteiger partial charge >= 0.3 is 0 Å². The quantitative estimate of drug-likeness (QED) is 0.520. The molecular formula is C13H23N5O2. The number of aromatic nitrogens is 2. The second kappa shape index (κ2) is 7.37. The summed E-state index contributed by atoms with van der Waals surface area (Å²) in [6, 6.07) is 2.17. The lowest BCUT2D eigenvalue weighted by Crippen LogP contribution is -2.41. The highest BCUT2D eigenvalue weighted by Gasteiger charge is 2.24. The van der Waals surface area contributed by atoms with Crippen LogP contribution >= 0.6 is 0 Å². The third-order valence-corrected chi connectivity index (χ3v) is 3.56. The summed E-state index contributed by atoms with van der Waals surface area (Å²) in [5.41, 5.74) is 2.57. The molecule has 7 nitrogen and oxygen atoms in total. The van der Waals surface area contributed by atoms with Crippen molar-refractivity contribution in [2.75, 3.05) is 30.6 Å². The van der Waals surface area contributed by atoms with Gasteiger partial charge in [0.05, 0.1) is 0 Å². The molecule has 1 unspecified atom stereocenters. The van der Waals surface area contributed by atoms with Gasteiger partial charge in [0, 0.05) is 32.4 Å². The van der Waals surface area contributed by atoms with Crippen LogP contribution in [-0.2, 0) is 11.3 Å². The van der Waals surface area contributed by atoms with E-state index in [-0.39, 0.29) is 6.61 Å². The molecule has 1 atom stereocenters. The van der Waals surface area contributed by atoms with Gasteiger partial charge < -0.3 is 20.2 Å². The van der Waals surface area contributed by atoms with E-state index in [0.29, 0.717) is 24.3 Å². The van der Waals surface area contributed by atoms with E-state index in [0.717, 1.165) is 31.6 Å². The highest BCUT2D eigenvalue weighted by molar-refractivity contribution is 5.49. The van der Waals surface area contributed by atoms with Crippen LogP contribution < -0.4 is 16.2 Å². The van der Waals surface area contributed by atoms with Crippen LogP contribution in [-0.4, -0.2) is 41.4 Å². The van der Waals surface area contributed by atoms with E-state index in [2.05, 4.69) is 20.3 Å². The normalized spacial score (nSPS) is 19.1. The molecule has 1 aromatic heterocycles. The average molecular weight is 281 g/mol. The molecule has 2 rings (SSSR count). The minimum absolute atomic E-state index is 0.194. The molecule has 0 amide bonds. The summed E-state index contributed by atoms with van der Waals surface area (Å²) < 4.78 is 5.09. The van der Waals surface area contributed by atoms with Crippen molar-refractivity contribution in [3.8, 4) is 0 Å². The molecule has 0 aliphatic carbocycles. The number of rotatable bonds is 6. The molecule has 2 heterocycles. The lowest BCUT2D eigenvalue weighted by atomic mass is 9.99. The number of methoxy groups -OCH3 is 1. The smallest absolute Gasteiger partial charge is 0.158 e. The first-order valence-corrected chi connectivity index (χ1v) is 6.99. The maximum absolute atomic E-state index is 9.21. The maximum Gasteiger partial charge on any atom is 0.158 e. The Morgan fingerprint density at radius 1 is 1.50 bits per heavy atom. The topological polar surface area (TPSA) is 96.5 Å². The molecule has 20 heavy (non-hydrogen) atoms. The van der Waals surface area contributed by atoms with E-state index in [1.165, 1.54) is 6.42 Å². The Kier molecular flexibility index (Phi) is 5.51.